The predicted molar refractivity (Wildman–Crippen MR) is 210 cm³/mol. The van der Waals surface area contributed by atoms with Gasteiger partial charge < -0.3 is 9.32 Å². The highest BCUT2D eigenvalue weighted by molar-refractivity contribution is 7.25. The largest absolute Gasteiger partial charge is 0.456 e. The van der Waals surface area contributed by atoms with E-state index in [0.717, 1.165) is 52.0 Å². The molecule has 7 aromatic carbocycles. The van der Waals surface area contributed by atoms with Gasteiger partial charge in [0.15, 0.2) is 0 Å². The Morgan fingerprint density at radius 2 is 1.14 bits per heavy atom. The van der Waals surface area contributed by atoms with E-state index in [1.54, 1.807) is 0 Å². The van der Waals surface area contributed by atoms with Crippen molar-refractivity contribution in [3.05, 3.63) is 162 Å². The Morgan fingerprint density at radius 1 is 0.490 bits per heavy atom. The molecule has 9 aromatic rings. The molecular weight excluding hydrogens is 615 g/mol. The fourth-order valence-corrected chi connectivity index (χ4v) is 8.60. The van der Waals surface area contributed by atoms with Crippen molar-refractivity contribution in [1.29, 1.82) is 0 Å². The molecule has 1 aliphatic carbocycles. The summed E-state index contributed by atoms with van der Waals surface area (Å²) in [5, 5.41) is 7.50. The lowest BCUT2D eigenvalue weighted by Crippen LogP contribution is -2.21. The van der Waals surface area contributed by atoms with Crippen LogP contribution in [0.15, 0.2) is 156 Å². The van der Waals surface area contributed by atoms with Gasteiger partial charge in [-0.1, -0.05) is 109 Å². The van der Waals surface area contributed by atoms with Crippen molar-refractivity contribution in [3.63, 3.8) is 0 Å². The minimum atomic E-state index is 0.963. The van der Waals surface area contributed by atoms with Crippen LogP contribution in [-0.2, 0) is 0 Å². The lowest BCUT2D eigenvalue weighted by molar-refractivity contribution is 0.572. The van der Waals surface area contributed by atoms with E-state index in [1.807, 2.05) is 11.3 Å². The van der Waals surface area contributed by atoms with Crippen LogP contribution in [0.5, 0.6) is 0 Å². The molecule has 0 aliphatic heterocycles. The van der Waals surface area contributed by atoms with Gasteiger partial charge in [-0.05, 0) is 89.5 Å². The van der Waals surface area contributed by atoms with Crippen molar-refractivity contribution >= 4 is 82.5 Å². The maximum Gasteiger partial charge on any atom is 0.143 e. The van der Waals surface area contributed by atoms with Crippen molar-refractivity contribution in [2.75, 3.05) is 4.90 Å². The molecule has 0 atom stereocenters. The lowest BCUT2D eigenvalue weighted by atomic mass is 10.0. The second-order valence-electron chi connectivity index (χ2n) is 12.8. The molecule has 0 saturated carbocycles. The molecule has 0 bridgehead atoms. The molecule has 232 valence electrons. The van der Waals surface area contributed by atoms with Gasteiger partial charge in [0.1, 0.15) is 11.0 Å². The maximum absolute atomic E-state index is 6.43. The van der Waals surface area contributed by atoms with Crippen molar-refractivity contribution in [3.8, 4) is 22.3 Å². The second-order valence-corrected chi connectivity index (χ2v) is 13.9. The number of nitrogens with zero attached hydrogens (tertiary/aromatic N) is 1. The van der Waals surface area contributed by atoms with Crippen LogP contribution in [0.1, 0.15) is 12.8 Å². The first-order valence-electron chi connectivity index (χ1n) is 16.9. The molecule has 0 radical (unpaired) electrons. The third kappa shape index (κ3) is 4.69. The maximum atomic E-state index is 6.43. The summed E-state index contributed by atoms with van der Waals surface area (Å²) in [4.78, 5) is 2.38. The van der Waals surface area contributed by atoms with Gasteiger partial charge in [-0.2, -0.15) is 0 Å². The van der Waals surface area contributed by atoms with Crippen LogP contribution in [0.4, 0.5) is 17.1 Å². The Bertz CT molecular complexity index is 2820. The number of thiophene rings is 1. The van der Waals surface area contributed by atoms with Gasteiger partial charge in [0.25, 0.3) is 0 Å². The Balaban J connectivity index is 1.08. The molecule has 0 N–H and O–H groups in total. The first-order valence-corrected chi connectivity index (χ1v) is 17.7. The van der Waals surface area contributed by atoms with Gasteiger partial charge in [-0.3, -0.25) is 0 Å². The van der Waals surface area contributed by atoms with Crippen LogP contribution in [0.3, 0.4) is 0 Å². The number of hydrogen-bond donors (Lipinski definition) is 0. The van der Waals surface area contributed by atoms with Gasteiger partial charge in [0, 0.05) is 53.1 Å². The molecule has 0 amide bonds. The van der Waals surface area contributed by atoms with Gasteiger partial charge in [0.05, 0.1) is 5.69 Å². The number of hydrogen-bond acceptors (Lipinski definition) is 3. The van der Waals surface area contributed by atoms with Crippen molar-refractivity contribution in [2.45, 2.75) is 12.8 Å². The molecule has 10 rings (SSSR count). The van der Waals surface area contributed by atoms with Crippen LogP contribution in [-0.4, -0.2) is 0 Å². The zero-order valence-corrected chi connectivity index (χ0v) is 27.6. The van der Waals surface area contributed by atoms with E-state index in [1.165, 1.54) is 52.7 Å². The highest BCUT2D eigenvalue weighted by Gasteiger charge is 2.17. The monoisotopic (exact) mass is 645 g/mol. The highest BCUT2D eigenvalue weighted by Crippen LogP contribution is 2.41. The average molecular weight is 646 g/mol. The quantitative estimate of drug-likeness (QED) is 0.185. The smallest absolute Gasteiger partial charge is 0.143 e. The Hall–Kier alpha value is -5.90. The first-order chi connectivity index (χ1) is 24.3. The van der Waals surface area contributed by atoms with E-state index in [9.17, 15) is 0 Å². The van der Waals surface area contributed by atoms with E-state index >= 15 is 0 Å². The number of fused-ring (bicyclic) bond motifs is 7. The van der Waals surface area contributed by atoms with Gasteiger partial charge >= 0.3 is 0 Å². The summed E-state index contributed by atoms with van der Waals surface area (Å²) in [5.41, 5.74) is 10.0. The van der Waals surface area contributed by atoms with Crippen LogP contribution in [0.25, 0.3) is 76.3 Å². The fraction of sp³-hybridized carbons (Fsp3) is 0.0435. The van der Waals surface area contributed by atoms with Gasteiger partial charge in [-0.25, -0.2) is 0 Å². The molecule has 0 fully saturated rings. The molecule has 0 saturated heterocycles. The zero-order chi connectivity index (χ0) is 32.3. The number of benzene rings is 7. The standard InChI is InChI=1S/C46H31NOS/c1-2-11-36-31(9-1)10-7-16-42(36)47(34-24-19-30(20-25-34)33-23-28-45-41(29-33)39-13-4-6-18-44(39)49-45)35-26-21-32(22-27-35)37-14-8-15-40-38-12-3-5-17-43(38)48-46(37)40/h1-2,4,6-29H,3,5H2. The van der Waals surface area contributed by atoms with Crippen molar-refractivity contribution in [2.24, 2.45) is 0 Å². The predicted octanol–water partition coefficient (Wildman–Crippen LogP) is 12.1. The second kappa shape index (κ2) is 11.4. The zero-order valence-electron chi connectivity index (χ0n) is 26.8. The van der Waals surface area contributed by atoms with Crippen molar-refractivity contribution in [1.82, 2.24) is 0 Å². The van der Waals surface area contributed by atoms with Crippen LogP contribution in [0.2, 0.25) is 0 Å². The third-order valence-corrected chi connectivity index (χ3v) is 11.1. The van der Waals surface area contributed by atoms with Crippen molar-refractivity contribution < 1.29 is 4.42 Å². The summed E-state index contributed by atoms with van der Waals surface area (Å²) in [5.74, 6) is 0. The SMILES string of the molecule is C1=c2oc3c(-c4ccc(N(c5ccc(-c6ccc7sc8ccccc8c7c6)cc5)c5cccc6ccccc56)cc4)cccc3c2=CCC1. The summed E-state index contributed by atoms with van der Waals surface area (Å²) in [6.45, 7) is 0. The molecule has 0 spiro atoms. The summed E-state index contributed by atoms with van der Waals surface area (Å²) in [7, 11) is 0. The molecular formula is C46H31NOS. The summed E-state index contributed by atoms with van der Waals surface area (Å²) < 4.78 is 9.09. The van der Waals surface area contributed by atoms with E-state index in [4.69, 9.17) is 4.42 Å². The van der Waals surface area contributed by atoms with E-state index in [0.29, 0.717) is 0 Å². The topological polar surface area (TPSA) is 16.4 Å². The Labute approximate surface area is 288 Å². The Kier molecular flexibility index (Phi) is 6.53. The minimum Gasteiger partial charge on any atom is -0.456 e. The number of furan rings is 1. The van der Waals surface area contributed by atoms with Crippen LogP contribution >= 0.6 is 11.3 Å². The Morgan fingerprint density at radius 3 is 2.00 bits per heavy atom. The number of rotatable bonds is 5. The van der Waals surface area contributed by atoms with Gasteiger partial charge in [-0.15, -0.1) is 11.3 Å². The lowest BCUT2D eigenvalue weighted by Gasteiger charge is -2.27. The highest BCUT2D eigenvalue weighted by atomic mass is 32.1. The number of para-hydroxylation sites is 1. The molecule has 2 aromatic heterocycles. The summed E-state index contributed by atoms with van der Waals surface area (Å²) in [6.07, 6.45) is 6.62. The minimum absolute atomic E-state index is 0.963. The van der Waals surface area contributed by atoms with Crippen LogP contribution < -0.4 is 15.5 Å². The first kappa shape index (κ1) is 28.1. The summed E-state index contributed by atoms with van der Waals surface area (Å²) >= 11 is 1.86. The third-order valence-electron chi connectivity index (χ3n) is 9.91. The molecule has 0 unspecified atom stereocenters. The van der Waals surface area contributed by atoms with E-state index in [2.05, 4.69) is 169 Å². The van der Waals surface area contributed by atoms with E-state index < -0.39 is 0 Å². The average Bonchev–Trinajstić information content (AvgIpc) is 3.74. The fourth-order valence-electron chi connectivity index (χ4n) is 7.52. The molecule has 2 nitrogen and oxygen atoms in total. The summed E-state index contributed by atoms with van der Waals surface area (Å²) in [6, 6.07) is 55.2. The normalized spacial score (nSPS) is 12.7. The number of anilines is 3. The molecule has 49 heavy (non-hydrogen) atoms. The molecule has 3 heteroatoms. The van der Waals surface area contributed by atoms with Crippen LogP contribution in [0, 0.1) is 0 Å². The van der Waals surface area contributed by atoms with E-state index in [-0.39, 0.29) is 0 Å². The van der Waals surface area contributed by atoms with Gasteiger partial charge in [0.2, 0.25) is 0 Å². The molecule has 1 aliphatic rings. The molecule has 2 heterocycles.